The maximum atomic E-state index is 13.7. The molecule has 3 aromatic rings. The summed E-state index contributed by atoms with van der Waals surface area (Å²) in [5, 5.41) is 7.58. The molecule has 7 heteroatoms. The van der Waals surface area contributed by atoms with E-state index in [2.05, 4.69) is 10.4 Å². The SMILES string of the molecule is Cc1nn(Cc2ccccc2Cl)c(Cl)c1C(=O)Nc1ccccc1F. The molecule has 0 bridgehead atoms. The highest BCUT2D eigenvalue weighted by Crippen LogP contribution is 2.24. The van der Waals surface area contributed by atoms with Gasteiger partial charge in [0.1, 0.15) is 11.0 Å². The summed E-state index contributed by atoms with van der Waals surface area (Å²) in [5.41, 5.74) is 1.57. The van der Waals surface area contributed by atoms with Crippen molar-refractivity contribution in [3.8, 4) is 0 Å². The summed E-state index contributed by atoms with van der Waals surface area (Å²) in [6.07, 6.45) is 0. The second-order valence-electron chi connectivity index (χ2n) is 5.43. The van der Waals surface area contributed by atoms with Crippen molar-refractivity contribution in [2.24, 2.45) is 0 Å². The number of anilines is 1. The molecular formula is C18H14Cl2FN3O. The Hall–Kier alpha value is -2.37. The number of nitrogens with one attached hydrogen (secondary N) is 1. The number of carbonyl (C=O) groups is 1. The van der Waals surface area contributed by atoms with Gasteiger partial charge in [0.15, 0.2) is 0 Å². The van der Waals surface area contributed by atoms with E-state index in [1.165, 1.54) is 16.8 Å². The first-order valence-corrected chi connectivity index (χ1v) is 8.25. The molecule has 1 N–H and O–H groups in total. The molecule has 128 valence electrons. The van der Waals surface area contributed by atoms with Crippen molar-refractivity contribution in [1.82, 2.24) is 9.78 Å². The zero-order valence-corrected chi connectivity index (χ0v) is 14.8. The van der Waals surface area contributed by atoms with Crippen LogP contribution in [0.2, 0.25) is 10.2 Å². The number of rotatable bonds is 4. The smallest absolute Gasteiger partial charge is 0.260 e. The van der Waals surface area contributed by atoms with E-state index in [-0.39, 0.29) is 16.4 Å². The third-order valence-electron chi connectivity index (χ3n) is 3.69. The molecule has 4 nitrogen and oxygen atoms in total. The van der Waals surface area contributed by atoms with Gasteiger partial charge in [0.2, 0.25) is 0 Å². The second kappa shape index (κ2) is 7.25. The van der Waals surface area contributed by atoms with Gasteiger partial charge in [0.25, 0.3) is 5.91 Å². The van der Waals surface area contributed by atoms with E-state index < -0.39 is 11.7 Å². The summed E-state index contributed by atoms with van der Waals surface area (Å²) < 4.78 is 15.2. The molecule has 1 aromatic heterocycles. The molecule has 0 aliphatic rings. The van der Waals surface area contributed by atoms with E-state index in [0.717, 1.165) is 5.56 Å². The van der Waals surface area contributed by atoms with Crippen LogP contribution in [0.1, 0.15) is 21.6 Å². The lowest BCUT2D eigenvalue weighted by molar-refractivity contribution is 0.102. The number of nitrogens with zero attached hydrogens (tertiary/aromatic N) is 2. The molecule has 1 amide bonds. The highest BCUT2D eigenvalue weighted by atomic mass is 35.5. The van der Waals surface area contributed by atoms with Gasteiger partial charge in [0, 0.05) is 5.02 Å². The van der Waals surface area contributed by atoms with Gasteiger partial charge < -0.3 is 5.32 Å². The third-order valence-corrected chi connectivity index (χ3v) is 4.45. The predicted octanol–water partition coefficient (Wildman–Crippen LogP) is 4.94. The van der Waals surface area contributed by atoms with Crippen LogP contribution in [0, 0.1) is 12.7 Å². The minimum atomic E-state index is -0.520. The fourth-order valence-corrected chi connectivity index (χ4v) is 2.97. The van der Waals surface area contributed by atoms with E-state index in [0.29, 0.717) is 17.3 Å². The van der Waals surface area contributed by atoms with Crippen molar-refractivity contribution in [2.75, 3.05) is 5.32 Å². The number of carbonyl (C=O) groups excluding carboxylic acids is 1. The molecule has 0 unspecified atom stereocenters. The largest absolute Gasteiger partial charge is 0.319 e. The monoisotopic (exact) mass is 377 g/mol. The molecular weight excluding hydrogens is 364 g/mol. The van der Waals surface area contributed by atoms with Crippen molar-refractivity contribution in [3.63, 3.8) is 0 Å². The normalized spacial score (nSPS) is 10.7. The van der Waals surface area contributed by atoms with Crippen molar-refractivity contribution < 1.29 is 9.18 Å². The summed E-state index contributed by atoms with van der Waals surface area (Å²) in [5.74, 6) is -1.04. The Morgan fingerprint density at radius 2 is 1.84 bits per heavy atom. The molecule has 0 saturated carbocycles. The number of hydrogen-bond donors (Lipinski definition) is 1. The van der Waals surface area contributed by atoms with E-state index >= 15 is 0 Å². The fraction of sp³-hybridized carbons (Fsp3) is 0.111. The summed E-state index contributed by atoms with van der Waals surface area (Å²) in [6, 6.07) is 13.2. The van der Waals surface area contributed by atoms with Crippen LogP contribution in [0.3, 0.4) is 0 Å². The maximum absolute atomic E-state index is 13.7. The third kappa shape index (κ3) is 3.67. The molecule has 25 heavy (non-hydrogen) atoms. The van der Waals surface area contributed by atoms with E-state index in [4.69, 9.17) is 23.2 Å². The van der Waals surface area contributed by atoms with Crippen LogP contribution in [0.15, 0.2) is 48.5 Å². The van der Waals surface area contributed by atoms with Crippen molar-refractivity contribution in [3.05, 3.63) is 81.3 Å². The lowest BCUT2D eigenvalue weighted by Gasteiger charge is -2.07. The van der Waals surface area contributed by atoms with E-state index in [1.807, 2.05) is 18.2 Å². The number of aryl methyl sites for hydroxylation is 1. The molecule has 3 rings (SSSR count). The molecule has 0 fully saturated rings. The zero-order chi connectivity index (χ0) is 18.0. The lowest BCUT2D eigenvalue weighted by Crippen LogP contribution is -2.14. The van der Waals surface area contributed by atoms with E-state index in [9.17, 15) is 9.18 Å². The number of benzene rings is 2. The molecule has 2 aromatic carbocycles. The van der Waals surface area contributed by atoms with Crippen LogP contribution in [-0.4, -0.2) is 15.7 Å². The zero-order valence-electron chi connectivity index (χ0n) is 13.3. The van der Waals surface area contributed by atoms with Gasteiger partial charge >= 0.3 is 0 Å². The quantitative estimate of drug-likeness (QED) is 0.699. The average molecular weight is 378 g/mol. The number of hydrogen-bond acceptors (Lipinski definition) is 2. The molecule has 0 aliphatic carbocycles. The van der Waals surface area contributed by atoms with Crippen LogP contribution in [0.25, 0.3) is 0 Å². The molecule has 0 saturated heterocycles. The van der Waals surface area contributed by atoms with Crippen molar-refractivity contribution in [1.29, 1.82) is 0 Å². The Kier molecular flexibility index (Phi) is 5.06. The van der Waals surface area contributed by atoms with Crippen molar-refractivity contribution >= 4 is 34.8 Å². The van der Waals surface area contributed by atoms with Gasteiger partial charge in [-0.15, -0.1) is 0 Å². The first-order valence-electron chi connectivity index (χ1n) is 7.49. The van der Waals surface area contributed by atoms with Gasteiger partial charge in [-0.3, -0.25) is 4.79 Å². The topological polar surface area (TPSA) is 46.9 Å². The Bertz CT molecular complexity index is 940. The summed E-state index contributed by atoms with van der Waals surface area (Å²) >= 11 is 12.5. The van der Waals surface area contributed by atoms with Gasteiger partial charge in [-0.05, 0) is 30.7 Å². The minimum Gasteiger partial charge on any atom is -0.319 e. The fourth-order valence-electron chi connectivity index (χ4n) is 2.45. The average Bonchev–Trinajstić information content (AvgIpc) is 2.86. The van der Waals surface area contributed by atoms with Gasteiger partial charge in [0.05, 0.1) is 23.5 Å². The van der Waals surface area contributed by atoms with Crippen LogP contribution in [-0.2, 0) is 6.54 Å². The van der Waals surface area contributed by atoms with Gasteiger partial charge in [-0.1, -0.05) is 53.5 Å². The van der Waals surface area contributed by atoms with Gasteiger partial charge in [-0.2, -0.15) is 5.10 Å². The summed E-state index contributed by atoms with van der Waals surface area (Å²) in [6.45, 7) is 2.00. The number of halogens is 3. The highest BCUT2D eigenvalue weighted by molar-refractivity contribution is 6.34. The molecule has 0 spiro atoms. The maximum Gasteiger partial charge on any atom is 0.260 e. The summed E-state index contributed by atoms with van der Waals surface area (Å²) in [7, 11) is 0. The molecule has 0 radical (unpaired) electrons. The van der Waals surface area contributed by atoms with Crippen LogP contribution in [0.5, 0.6) is 0 Å². The lowest BCUT2D eigenvalue weighted by atomic mass is 10.2. The number of para-hydroxylation sites is 1. The predicted molar refractivity (Wildman–Crippen MR) is 96.9 cm³/mol. The number of aromatic nitrogens is 2. The Morgan fingerprint density at radius 1 is 1.16 bits per heavy atom. The Balaban J connectivity index is 1.88. The molecule has 0 atom stereocenters. The first kappa shape index (κ1) is 17.5. The minimum absolute atomic E-state index is 0.0850. The first-order chi connectivity index (χ1) is 12.0. The molecule has 0 aliphatic heterocycles. The van der Waals surface area contributed by atoms with E-state index in [1.54, 1.807) is 25.1 Å². The van der Waals surface area contributed by atoms with Crippen molar-refractivity contribution in [2.45, 2.75) is 13.5 Å². The molecule has 1 heterocycles. The van der Waals surface area contributed by atoms with Crippen LogP contribution in [0.4, 0.5) is 10.1 Å². The highest BCUT2D eigenvalue weighted by Gasteiger charge is 2.21. The Labute approximate surface area is 154 Å². The standard InChI is InChI=1S/C18H14Cl2FN3O/c1-11-16(18(25)22-15-9-5-4-8-14(15)21)17(20)24(23-11)10-12-6-2-3-7-13(12)19/h2-9H,10H2,1H3,(H,22,25). The van der Waals surface area contributed by atoms with Gasteiger partial charge in [-0.25, -0.2) is 9.07 Å². The second-order valence-corrected chi connectivity index (χ2v) is 6.20. The summed E-state index contributed by atoms with van der Waals surface area (Å²) in [4.78, 5) is 12.5. The van der Waals surface area contributed by atoms with Crippen LogP contribution < -0.4 is 5.32 Å². The van der Waals surface area contributed by atoms with Crippen LogP contribution >= 0.6 is 23.2 Å². The number of amides is 1. The Morgan fingerprint density at radius 3 is 2.56 bits per heavy atom.